The zero-order valence-electron chi connectivity index (χ0n) is 9.98. The van der Waals surface area contributed by atoms with Crippen molar-refractivity contribution in [3.05, 3.63) is 29.8 Å². The van der Waals surface area contributed by atoms with Crippen LogP contribution in [0.1, 0.15) is 23.2 Å². The normalized spacial score (nSPS) is 11.4. The van der Waals surface area contributed by atoms with Crippen LogP contribution in [0.2, 0.25) is 0 Å². The Balaban J connectivity index is 2.80. The van der Waals surface area contributed by atoms with E-state index in [1.165, 1.54) is 12.1 Å². The molecule has 0 unspecified atom stereocenters. The van der Waals surface area contributed by atoms with Crippen molar-refractivity contribution in [3.63, 3.8) is 0 Å². The number of carbonyl (C=O) groups is 2. The summed E-state index contributed by atoms with van der Waals surface area (Å²) in [4.78, 5) is 21.9. The highest BCUT2D eigenvalue weighted by Gasteiger charge is 2.44. The van der Waals surface area contributed by atoms with Crippen LogP contribution in [0.5, 0.6) is 5.75 Å². The third-order valence-electron chi connectivity index (χ3n) is 2.23. The first-order valence-corrected chi connectivity index (χ1v) is 5.42. The van der Waals surface area contributed by atoms with Gasteiger partial charge >= 0.3 is 18.5 Å². The topological polar surface area (TPSA) is 63.6 Å². The quantitative estimate of drug-likeness (QED) is 0.620. The molecule has 1 aromatic carbocycles. The highest BCUT2D eigenvalue weighted by molar-refractivity contribution is 5.97. The van der Waals surface area contributed by atoms with Crippen LogP contribution in [0.15, 0.2) is 24.3 Å². The number of alkyl halides is 4. The number of ketones is 1. The Morgan fingerprint density at radius 1 is 1.25 bits per heavy atom. The Morgan fingerprint density at radius 2 is 1.90 bits per heavy atom. The minimum absolute atomic E-state index is 0.0891. The largest absolute Gasteiger partial charge is 0.481 e. The number of hydrogen-bond acceptors (Lipinski definition) is 3. The van der Waals surface area contributed by atoms with E-state index < -0.39 is 36.5 Å². The van der Waals surface area contributed by atoms with Crippen LogP contribution >= 0.6 is 0 Å². The van der Waals surface area contributed by atoms with Gasteiger partial charge in [-0.05, 0) is 12.1 Å². The average Bonchev–Trinajstić information content (AvgIpc) is 2.35. The zero-order valence-corrected chi connectivity index (χ0v) is 9.98. The maximum atomic E-state index is 12.7. The van der Waals surface area contributed by atoms with E-state index in [1.807, 2.05) is 0 Å². The first kappa shape index (κ1) is 15.9. The molecule has 8 heteroatoms. The Kier molecular flexibility index (Phi) is 5.06. The van der Waals surface area contributed by atoms with Gasteiger partial charge in [0.2, 0.25) is 0 Å². The predicted molar refractivity (Wildman–Crippen MR) is 59.2 cm³/mol. The number of Topliss-reactive ketones (excluding diaryl/α,β-unsaturated/α-hetero) is 1. The molecule has 0 spiro atoms. The van der Waals surface area contributed by atoms with Crippen LogP contribution in [-0.4, -0.2) is 29.4 Å². The van der Waals surface area contributed by atoms with Gasteiger partial charge < -0.3 is 9.84 Å². The summed E-state index contributed by atoms with van der Waals surface area (Å²) >= 11 is 0. The van der Waals surface area contributed by atoms with Gasteiger partial charge in [-0.25, -0.2) is 0 Å². The number of rotatable bonds is 7. The number of hydrogen-bond donors (Lipinski definition) is 1. The molecule has 1 aromatic rings. The molecule has 0 saturated carbocycles. The van der Waals surface area contributed by atoms with Gasteiger partial charge in [-0.3, -0.25) is 9.59 Å². The molecule has 0 aromatic heterocycles. The van der Waals surface area contributed by atoms with Crippen molar-refractivity contribution >= 4 is 11.8 Å². The van der Waals surface area contributed by atoms with Gasteiger partial charge in [-0.15, -0.1) is 0 Å². The van der Waals surface area contributed by atoms with Crippen LogP contribution in [0.4, 0.5) is 17.6 Å². The SMILES string of the molecule is O=C(O)CCC(=O)c1cccc(OC(F)(F)C(F)F)c1. The molecule has 0 aliphatic heterocycles. The second kappa shape index (κ2) is 6.36. The van der Waals surface area contributed by atoms with Crippen molar-refractivity contribution in [1.82, 2.24) is 0 Å². The van der Waals surface area contributed by atoms with Gasteiger partial charge in [0.05, 0.1) is 6.42 Å². The minimum atomic E-state index is -4.66. The predicted octanol–water partition coefficient (Wildman–Crippen LogP) is 2.97. The van der Waals surface area contributed by atoms with E-state index in [9.17, 15) is 27.2 Å². The summed E-state index contributed by atoms with van der Waals surface area (Å²) in [6.07, 6.45) is -9.42. The smallest absolute Gasteiger partial charge is 0.461 e. The standard InChI is InChI=1S/C12H10F4O4/c13-11(14)12(15,16)20-8-3-1-2-7(6-8)9(17)4-5-10(18)19/h1-3,6,11H,4-5H2,(H,18,19). The van der Waals surface area contributed by atoms with Crippen molar-refractivity contribution < 1.29 is 37.0 Å². The van der Waals surface area contributed by atoms with Crippen molar-refractivity contribution in [1.29, 1.82) is 0 Å². The van der Waals surface area contributed by atoms with Gasteiger partial charge in [0.25, 0.3) is 0 Å². The van der Waals surface area contributed by atoms with Crippen molar-refractivity contribution in [2.75, 3.05) is 0 Å². The Hall–Kier alpha value is -2.12. The molecule has 0 atom stereocenters. The third-order valence-corrected chi connectivity index (χ3v) is 2.23. The van der Waals surface area contributed by atoms with E-state index in [0.29, 0.717) is 0 Å². The van der Waals surface area contributed by atoms with Crippen LogP contribution in [0.25, 0.3) is 0 Å². The number of benzene rings is 1. The molecule has 0 aliphatic rings. The molecule has 0 fully saturated rings. The molecule has 0 amide bonds. The van der Waals surface area contributed by atoms with Crippen LogP contribution in [0.3, 0.4) is 0 Å². The summed E-state index contributed by atoms with van der Waals surface area (Å²) < 4.78 is 53.1. The fourth-order valence-corrected chi connectivity index (χ4v) is 1.30. The molecule has 1 N–H and O–H groups in total. The highest BCUT2D eigenvalue weighted by atomic mass is 19.3. The number of carbonyl (C=O) groups excluding carboxylic acids is 1. The van der Waals surface area contributed by atoms with Crippen LogP contribution < -0.4 is 4.74 Å². The average molecular weight is 294 g/mol. The van der Waals surface area contributed by atoms with E-state index in [0.717, 1.165) is 12.1 Å². The Labute approximate surface area is 111 Å². The summed E-state index contributed by atoms with van der Waals surface area (Å²) in [7, 11) is 0. The molecular formula is C12H10F4O4. The summed E-state index contributed by atoms with van der Waals surface area (Å²) in [5.74, 6) is -2.40. The first-order chi connectivity index (χ1) is 9.22. The number of carboxylic acids is 1. The van der Waals surface area contributed by atoms with Gasteiger partial charge in [0.1, 0.15) is 5.75 Å². The summed E-state index contributed by atoms with van der Waals surface area (Å²) in [6.45, 7) is 0. The van der Waals surface area contributed by atoms with Crippen LogP contribution in [0, 0.1) is 0 Å². The fraction of sp³-hybridized carbons (Fsp3) is 0.333. The summed E-state index contributed by atoms with van der Waals surface area (Å²) in [6, 6.07) is 4.27. The summed E-state index contributed by atoms with van der Waals surface area (Å²) in [5.41, 5.74) is -0.0891. The zero-order chi connectivity index (χ0) is 15.3. The molecule has 0 saturated heterocycles. The van der Waals surface area contributed by atoms with Gasteiger partial charge in [-0.2, -0.15) is 17.6 Å². The highest BCUT2D eigenvalue weighted by Crippen LogP contribution is 2.28. The van der Waals surface area contributed by atoms with Gasteiger partial charge in [-0.1, -0.05) is 12.1 Å². The maximum absolute atomic E-state index is 12.7. The number of aliphatic carboxylic acids is 1. The molecule has 110 valence electrons. The lowest BCUT2D eigenvalue weighted by molar-refractivity contribution is -0.253. The van der Waals surface area contributed by atoms with Gasteiger partial charge in [0, 0.05) is 12.0 Å². The van der Waals surface area contributed by atoms with Gasteiger partial charge in [0.15, 0.2) is 5.78 Å². The lowest BCUT2D eigenvalue weighted by atomic mass is 10.1. The first-order valence-electron chi connectivity index (χ1n) is 5.42. The number of ether oxygens (including phenoxy) is 1. The molecule has 20 heavy (non-hydrogen) atoms. The number of halogens is 4. The molecule has 0 aliphatic carbocycles. The van der Waals surface area contributed by atoms with E-state index in [4.69, 9.17) is 5.11 Å². The minimum Gasteiger partial charge on any atom is -0.481 e. The van der Waals surface area contributed by atoms with E-state index in [1.54, 1.807) is 0 Å². The molecule has 1 rings (SSSR count). The Morgan fingerprint density at radius 3 is 2.45 bits per heavy atom. The molecular weight excluding hydrogens is 284 g/mol. The molecule has 0 radical (unpaired) electrons. The molecule has 0 heterocycles. The number of carboxylic acid groups (broad SMARTS) is 1. The van der Waals surface area contributed by atoms with E-state index >= 15 is 0 Å². The van der Waals surface area contributed by atoms with E-state index in [2.05, 4.69) is 4.74 Å². The lowest BCUT2D eigenvalue weighted by Crippen LogP contribution is -2.33. The monoisotopic (exact) mass is 294 g/mol. The third kappa shape index (κ3) is 4.52. The van der Waals surface area contributed by atoms with E-state index in [-0.39, 0.29) is 12.0 Å². The van der Waals surface area contributed by atoms with Crippen molar-refractivity contribution in [3.8, 4) is 5.75 Å². The molecule has 4 nitrogen and oxygen atoms in total. The second-order valence-electron chi connectivity index (χ2n) is 3.81. The fourth-order valence-electron chi connectivity index (χ4n) is 1.30. The van der Waals surface area contributed by atoms with Crippen molar-refractivity contribution in [2.45, 2.75) is 25.4 Å². The Bertz CT molecular complexity index is 502. The van der Waals surface area contributed by atoms with Crippen molar-refractivity contribution in [2.24, 2.45) is 0 Å². The lowest BCUT2D eigenvalue weighted by Gasteiger charge is -2.17. The second-order valence-corrected chi connectivity index (χ2v) is 3.81. The molecule has 0 bridgehead atoms. The maximum Gasteiger partial charge on any atom is 0.461 e. The van der Waals surface area contributed by atoms with Crippen LogP contribution in [-0.2, 0) is 4.79 Å². The summed E-state index contributed by atoms with van der Waals surface area (Å²) in [5, 5.41) is 8.42.